The highest BCUT2D eigenvalue weighted by molar-refractivity contribution is 7.89. The number of nitrogens with one attached hydrogen (secondary N) is 1. The van der Waals surface area contributed by atoms with Crippen LogP contribution in [-0.2, 0) is 15.6 Å². The molecule has 1 fully saturated rings. The van der Waals surface area contributed by atoms with Crippen molar-refractivity contribution >= 4 is 21.6 Å². The lowest BCUT2D eigenvalue weighted by Gasteiger charge is -2.19. The van der Waals surface area contributed by atoms with Gasteiger partial charge in [0.25, 0.3) is 0 Å². The van der Waals surface area contributed by atoms with Crippen molar-refractivity contribution in [2.45, 2.75) is 23.3 Å². The minimum Gasteiger partial charge on any atom is -0.505 e. The van der Waals surface area contributed by atoms with E-state index >= 15 is 0 Å². The van der Waals surface area contributed by atoms with Crippen LogP contribution in [-0.4, -0.2) is 20.3 Å². The normalized spacial score (nSPS) is 17.7. The van der Waals surface area contributed by atoms with Gasteiger partial charge in [0.1, 0.15) is 4.90 Å². The molecule has 2 N–H and O–H groups in total. The summed E-state index contributed by atoms with van der Waals surface area (Å²) in [6, 6.07) is 9.61. The number of para-hydroxylation sites is 1. The van der Waals surface area contributed by atoms with E-state index in [9.17, 15) is 13.5 Å². The van der Waals surface area contributed by atoms with Gasteiger partial charge in [0.05, 0.1) is 10.6 Å². The van der Waals surface area contributed by atoms with Gasteiger partial charge in [-0.15, -0.1) is 0 Å². The highest BCUT2D eigenvalue weighted by Crippen LogP contribution is 2.49. The van der Waals surface area contributed by atoms with Gasteiger partial charge >= 0.3 is 0 Å². The average molecular weight is 368 g/mol. The predicted molar refractivity (Wildman–Crippen MR) is 86.9 cm³/mol. The number of rotatable bonds is 4. The summed E-state index contributed by atoms with van der Waals surface area (Å²) in [6.07, 6.45) is 1.32. The number of ether oxygens (including phenoxy) is 2. The minimum absolute atomic E-state index is 0.00852. The number of sulfonamides is 1. The Morgan fingerprint density at radius 2 is 1.88 bits per heavy atom. The first-order chi connectivity index (χ1) is 11.4. The Morgan fingerprint density at radius 1 is 1.12 bits per heavy atom. The van der Waals surface area contributed by atoms with E-state index in [-0.39, 0.29) is 16.7 Å². The molecule has 0 aromatic heterocycles. The van der Waals surface area contributed by atoms with Gasteiger partial charge in [0.2, 0.25) is 16.8 Å². The molecule has 0 atom stereocenters. The first-order valence-corrected chi connectivity index (χ1v) is 9.19. The molecule has 1 saturated carbocycles. The summed E-state index contributed by atoms with van der Waals surface area (Å²) in [5, 5.41) is 9.95. The highest BCUT2D eigenvalue weighted by Gasteiger charge is 2.48. The largest absolute Gasteiger partial charge is 0.505 e. The highest BCUT2D eigenvalue weighted by atomic mass is 35.5. The molecule has 0 unspecified atom stereocenters. The summed E-state index contributed by atoms with van der Waals surface area (Å²) in [7, 11) is -3.93. The molecule has 1 aliphatic carbocycles. The van der Waals surface area contributed by atoms with Gasteiger partial charge in [-0.1, -0.05) is 23.7 Å². The zero-order chi connectivity index (χ0) is 16.9. The molecular formula is C16H14ClNO5S. The SMILES string of the molecule is O=S(=O)(NC1(c2ccc3c(c2)OCO3)CC1)c1cccc(Cl)c1O. The van der Waals surface area contributed by atoms with Crippen LogP contribution in [0.3, 0.4) is 0 Å². The summed E-state index contributed by atoms with van der Waals surface area (Å²) < 4.78 is 38.7. The summed E-state index contributed by atoms with van der Waals surface area (Å²) in [5.41, 5.74) is 0.103. The average Bonchev–Trinajstić information content (AvgIpc) is 3.15. The van der Waals surface area contributed by atoms with Crippen LogP contribution < -0.4 is 14.2 Å². The van der Waals surface area contributed by atoms with Crippen molar-refractivity contribution < 1.29 is 23.0 Å². The zero-order valence-corrected chi connectivity index (χ0v) is 14.0. The molecule has 2 aromatic carbocycles. The van der Waals surface area contributed by atoms with Gasteiger partial charge in [-0.3, -0.25) is 0 Å². The zero-order valence-electron chi connectivity index (χ0n) is 12.5. The second-order valence-electron chi connectivity index (χ2n) is 5.84. The van der Waals surface area contributed by atoms with E-state index in [1.54, 1.807) is 12.1 Å². The van der Waals surface area contributed by atoms with Crippen molar-refractivity contribution in [2.24, 2.45) is 0 Å². The maximum Gasteiger partial charge on any atom is 0.245 e. The first-order valence-electron chi connectivity index (χ1n) is 7.33. The Balaban J connectivity index is 1.68. The van der Waals surface area contributed by atoms with Crippen LogP contribution in [0.25, 0.3) is 0 Å². The van der Waals surface area contributed by atoms with Crippen LogP contribution in [0, 0.1) is 0 Å². The lowest BCUT2D eigenvalue weighted by Crippen LogP contribution is -2.34. The van der Waals surface area contributed by atoms with E-state index < -0.39 is 21.3 Å². The van der Waals surface area contributed by atoms with Gasteiger partial charge < -0.3 is 14.6 Å². The summed E-state index contributed by atoms with van der Waals surface area (Å²) in [4.78, 5) is -0.234. The smallest absolute Gasteiger partial charge is 0.245 e. The molecule has 8 heteroatoms. The van der Waals surface area contributed by atoms with E-state index in [0.29, 0.717) is 24.3 Å². The lowest BCUT2D eigenvalue weighted by atomic mass is 10.1. The van der Waals surface area contributed by atoms with Gasteiger partial charge in [-0.25, -0.2) is 13.1 Å². The van der Waals surface area contributed by atoms with Crippen molar-refractivity contribution in [3.8, 4) is 17.2 Å². The Morgan fingerprint density at radius 3 is 2.62 bits per heavy atom. The number of fused-ring (bicyclic) bond motifs is 1. The summed E-state index contributed by atoms with van der Waals surface area (Å²) in [6.45, 7) is 0.161. The fraction of sp³-hybridized carbons (Fsp3) is 0.250. The molecule has 0 radical (unpaired) electrons. The van der Waals surface area contributed by atoms with Gasteiger partial charge in [-0.2, -0.15) is 0 Å². The fourth-order valence-corrected chi connectivity index (χ4v) is 4.59. The number of hydrogen-bond acceptors (Lipinski definition) is 5. The summed E-state index contributed by atoms with van der Waals surface area (Å²) >= 11 is 5.82. The predicted octanol–water partition coefficient (Wildman–Crippen LogP) is 2.74. The van der Waals surface area contributed by atoms with E-state index in [1.807, 2.05) is 6.07 Å². The fourth-order valence-electron chi connectivity index (χ4n) is 2.79. The topological polar surface area (TPSA) is 84.9 Å². The number of halogens is 1. The molecule has 1 aliphatic heterocycles. The standard InChI is InChI=1S/C16H14ClNO5S/c17-11-2-1-3-14(15(11)19)24(20,21)18-16(6-7-16)10-4-5-12-13(8-10)23-9-22-12/h1-5,8,18-19H,6-7,9H2. The van der Waals surface area contributed by atoms with Crippen molar-refractivity contribution in [1.29, 1.82) is 0 Å². The molecule has 0 spiro atoms. The van der Waals surface area contributed by atoms with Crippen LogP contribution in [0.1, 0.15) is 18.4 Å². The number of hydrogen-bond donors (Lipinski definition) is 2. The Bertz CT molecular complexity index is 924. The maximum atomic E-state index is 12.7. The van der Waals surface area contributed by atoms with Gasteiger partial charge in [0, 0.05) is 0 Å². The second-order valence-corrected chi connectivity index (χ2v) is 7.90. The van der Waals surface area contributed by atoms with Crippen LogP contribution in [0.4, 0.5) is 0 Å². The molecular weight excluding hydrogens is 354 g/mol. The van der Waals surface area contributed by atoms with Crippen LogP contribution in [0.5, 0.6) is 17.2 Å². The van der Waals surface area contributed by atoms with Crippen molar-refractivity contribution in [3.63, 3.8) is 0 Å². The Kier molecular flexibility index (Phi) is 3.42. The number of phenols is 1. The molecule has 1 heterocycles. The molecule has 0 saturated heterocycles. The third-order valence-corrected chi connectivity index (χ3v) is 6.12. The van der Waals surface area contributed by atoms with Crippen LogP contribution >= 0.6 is 11.6 Å². The molecule has 4 rings (SSSR count). The Labute approximate surface area is 144 Å². The molecule has 2 aliphatic rings. The molecule has 0 amide bonds. The molecule has 0 bridgehead atoms. The minimum atomic E-state index is -3.93. The Hall–Kier alpha value is -1.96. The lowest BCUT2D eigenvalue weighted by molar-refractivity contribution is 0.174. The van der Waals surface area contributed by atoms with E-state index in [0.717, 1.165) is 5.56 Å². The van der Waals surface area contributed by atoms with E-state index in [2.05, 4.69) is 4.72 Å². The number of benzene rings is 2. The molecule has 6 nitrogen and oxygen atoms in total. The number of aromatic hydroxyl groups is 1. The summed E-state index contributed by atoms with van der Waals surface area (Å²) in [5.74, 6) is 0.793. The maximum absolute atomic E-state index is 12.7. The third-order valence-electron chi connectivity index (χ3n) is 4.24. The van der Waals surface area contributed by atoms with Crippen molar-refractivity contribution in [1.82, 2.24) is 4.72 Å². The molecule has 24 heavy (non-hydrogen) atoms. The molecule has 2 aromatic rings. The van der Waals surface area contributed by atoms with Crippen molar-refractivity contribution in [3.05, 3.63) is 47.0 Å². The van der Waals surface area contributed by atoms with Gasteiger partial charge in [-0.05, 0) is 42.7 Å². The number of phenolic OH excluding ortho intramolecular Hbond substituents is 1. The van der Waals surface area contributed by atoms with Crippen molar-refractivity contribution in [2.75, 3.05) is 6.79 Å². The van der Waals surface area contributed by atoms with Crippen LogP contribution in [0.2, 0.25) is 5.02 Å². The molecule has 126 valence electrons. The van der Waals surface area contributed by atoms with E-state index in [1.165, 1.54) is 18.2 Å². The third kappa shape index (κ3) is 2.49. The van der Waals surface area contributed by atoms with Gasteiger partial charge in [0.15, 0.2) is 17.2 Å². The second kappa shape index (κ2) is 5.27. The quantitative estimate of drug-likeness (QED) is 0.868. The van der Waals surface area contributed by atoms with E-state index in [4.69, 9.17) is 21.1 Å². The van der Waals surface area contributed by atoms with Crippen LogP contribution in [0.15, 0.2) is 41.3 Å². The first kappa shape index (κ1) is 15.6. The monoisotopic (exact) mass is 367 g/mol.